The van der Waals surface area contributed by atoms with Crippen molar-refractivity contribution in [2.24, 2.45) is 0 Å². The highest BCUT2D eigenvalue weighted by molar-refractivity contribution is 5.94. The van der Waals surface area contributed by atoms with Crippen LogP contribution in [0.4, 0.5) is 0 Å². The maximum Gasteiger partial charge on any atom is 0.253 e. The van der Waals surface area contributed by atoms with Crippen LogP contribution >= 0.6 is 0 Å². The monoisotopic (exact) mass is 300 g/mol. The number of pyridine rings is 1. The molecule has 5 nitrogen and oxygen atoms in total. The van der Waals surface area contributed by atoms with Crippen molar-refractivity contribution in [3.8, 4) is 11.6 Å². The Hall–Kier alpha value is -2.56. The van der Waals surface area contributed by atoms with Gasteiger partial charge in [-0.05, 0) is 30.2 Å². The number of nitrogens with zero attached hydrogens (tertiary/aromatic N) is 1. The van der Waals surface area contributed by atoms with Crippen molar-refractivity contribution in [2.75, 3.05) is 14.2 Å². The van der Waals surface area contributed by atoms with E-state index in [4.69, 9.17) is 9.47 Å². The summed E-state index contributed by atoms with van der Waals surface area (Å²) in [6.07, 6.45) is 2.30. The molecule has 0 saturated carbocycles. The van der Waals surface area contributed by atoms with Gasteiger partial charge in [-0.2, -0.15) is 0 Å². The minimum Gasteiger partial charge on any atom is -0.497 e. The average Bonchev–Trinajstić information content (AvgIpc) is 2.59. The maximum atomic E-state index is 12.3. The molecule has 0 radical (unpaired) electrons. The van der Waals surface area contributed by atoms with E-state index in [1.165, 1.54) is 6.20 Å². The van der Waals surface area contributed by atoms with Crippen LogP contribution in [-0.2, 0) is 0 Å². The number of nitrogens with one attached hydrogen (secondary N) is 1. The van der Waals surface area contributed by atoms with E-state index in [2.05, 4.69) is 10.3 Å². The lowest BCUT2D eigenvalue weighted by Gasteiger charge is -2.18. The number of carbonyl (C=O) groups excluding carboxylic acids is 1. The van der Waals surface area contributed by atoms with Gasteiger partial charge in [0.2, 0.25) is 5.88 Å². The summed E-state index contributed by atoms with van der Waals surface area (Å²) in [5.41, 5.74) is 1.55. The molecular weight excluding hydrogens is 280 g/mol. The minimum atomic E-state index is -0.155. The highest BCUT2D eigenvalue weighted by Gasteiger charge is 2.14. The molecule has 1 aromatic carbocycles. The molecule has 0 saturated heterocycles. The summed E-state index contributed by atoms with van der Waals surface area (Å²) in [6.45, 7) is 2.03. The Balaban J connectivity index is 2.09. The molecule has 5 heteroatoms. The molecule has 0 bridgehead atoms. The molecule has 1 atom stereocenters. The Morgan fingerprint density at radius 2 is 1.86 bits per heavy atom. The van der Waals surface area contributed by atoms with Gasteiger partial charge in [0.05, 0.1) is 25.8 Å². The lowest BCUT2D eigenvalue weighted by molar-refractivity contribution is 0.0935. The van der Waals surface area contributed by atoms with Crippen LogP contribution in [0.5, 0.6) is 11.6 Å². The number of hydrogen-bond acceptors (Lipinski definition) is 4. The van der Waals surface area contributed by atoms with Gasteiger partial charge < -0.3 is 14.8 Å². The molecule has 1 N–H and O–H groups in total. The van der Waals surface area contributed by atoms with Gasteiger partial charge in [0, 0.05) is 12.3 Å². The second kappa shape index (κ2) is 7.45. The number of carbonyl (C=O) groups is 1. The number of methoxy groups -OCH3 is 2. The zero-order chi connectivity index (χ0) is 15.9. The number of benzene rings is 1. The molecule has 2 rings (SSSR count). The van der Waals surface area contributed by atoms with Crippen molar-refractivity contribution >= 4 is 5.91 Å². The van der Waals surface area contributed by atoms with Crippen LogP contribution in [-0.4, -0.2) is 25.1 Å². The summed E-state index contributed by atoms with van der Waals surface area (Å²) in [4.78, 5) is 16.3. The fraction of sp³-hybridized carbons (Fsp3) is 0.294. The Morgan fingerprint density at radius 3 is 2.36 bits per heavy atom. The maximum absolute atomic E-state index is 12.3. The topological polar surface area (TPSA) is 60.5 Å². The standard InChI is InChI=1S/C17H20N2O3/c1-4-15(12-5-8-14(21-2)9-6-12)19-17(20)13-7-10-16(22-3)18-11-13/h5-11,15H,4H2,1-3H3,(H,19,20). The van der Waals surface area contributed by atoms with E-state index in [9.17, 15) is 4.79 Å². The number of aromatic nitrogens is 1. The summed E-state index contributed by atoms with van der Waals surface area (Å²) in [5.74, 6) is 1.13. The molecule has 1 heterocycles. The Kier molecular flexibility index (Phi) is 5.36. The predicted molar refractivity (Wildman–Crippen MR) is 84.3 cm³/mol. The molecule has 0 aliphatic heterocycles. The van der Waals surface area contributed by atoms with Gasteiger partial charge >= 0.3 is 0 Å². The Labute approximate surface area is 130 Å². The molecule has 0 spiro atoms. The number of rotatable bonds is 6. The third-order valence-electron chi connectivity index (χ3n) is 3.44. The van der Waals surface area contributed by atoms with E-state index in [1.54, 1.807) is 26.4 Å². The van der Waals surface area contributed by atoms with Gasteiger partial charge in [-0.25, -0.2) is 4.98 Å². The van der Waals surface area contributed by atoms with Crippen LogP contribution in [0.1, 0.15) is 35.3 Å². The summed E-state index contributed by atoms with van der Waals surface area (Å²) in [5, 5.41) is 3.01. The van der Waals surface area contributed by atoms with Gasteiger partial charge in [-0.3, -0.25) is 4.79 Å². The van der Waals surface area contributed by atoms with E-state index >= 15 is 0 Å². The van der Waals surface area contributed by atoms with Crippen molar-refractivity contribution in [3.63, 3.8) is 0 Å². The van der Waals surface area contributed by atoms with E-state index in [0.29, 0.717) is 11.4 Å². The van der Waals surface area contributed by atoms with Crippen molar-refractivity contribution in [2.45, 2.75) is 19.4 Å². The summed E-state index contributed by atoms with van der Waals surface area (Å²) in [7, 11) is 3.17. The molecule has 22 heavy (non-hydrogen) atoms. The lowest BCUT2D eigenvalue weighted by Crippen LogP contribution is -2.28. The van der Waals surface area contributed by atoms with E-state index in [-0.39, 0.29) is 11.9 Å². The van der Waals surface area contributed by atoms with Crippen molar-refractivity contribution in [3.05, 3.63) is 53.7 Å². The highest BCUT2D eigenvalue weighted by Crippen LogP contribution is 2.20. The lowest BCUT2D eigenvalue weighted by atomic mass is 10.0. The first-order valence-electron chi connectivity index (χ1n) is 7.12. The quantitative estimate of drug-likeness (QED) is 0.891. The summed E-state index contributed by atoms with van der Waals surface area (Å²) in [6, 6.07) is 11.0. The molecule has 0 aliphatic rings. The minimum absolute atomic E-state index is 0.0551. The molecule has 1 aromatic heterocycles. The van der Waals surface area contributed by atoms with Gasteiger partial charge in [-0.1, -0.05) is 19.1 Å². The first-order valence-corrected chi connectivity index (χ1v) is 7.12. The molecule has 1 amide bonds. The van der Waals surface area contributed by atoms with Crippen LogP contribution in [0.15, 0.2) is 42.6 Å². The number of amides is 1. The van der Waals surface area contributed by atoms with Crippen LogP contribution in [0.3, 0.4) is 0 Å². The average molecular weight is 300 g/mol. The first kappa shape index (κ1) is 15.8. The van der Waals surface area contributed by atoms with E-state index in [0.717, 1.165) is 17.7 Å². The Bertz CT molecular complexity index is 609. The fourth-order valence-electron chi connectivity index (χ4n) is 2.13. The zero-order valence-corrected chi connectivity index (χ0v) is 13.0. The van der Waals surface area contributed by atoms with Crippen molar-refractivity contribution < 1.29 is 14.3 Å². The third kappa shape index (κ3) is 3.75. The number of ether oxygens (including phenoxy) is 2. The molecule has 0 fully saturated rings. The predicted octanol–water partition coefficient (Wildman–Crippen LogP) is 2.98. The smallest absolute Gasteiger partial charge is 0.253 e. The SMILES string of the molecule is CCC(NC(=O)c1ccc(OC)nc1)c1ccc(OC)cc1. The molecule has 0 aliphatic carbocycles. The summed E-state index contributed by atoms with van der Waals surface area (Å²) >= 11 is 0. The number of hydrogen-bond donors (Lipinski definition) is 1. The van der Waals surface area contributed by atoms with E-state index < -0.39 is 0 Å². The van der Waals surface area contributed by atoms with Gasteiger partial charge in [0.15, 0.2) is 0 Å². The zero-order valence-electron chi connectivity index (χ0n) is 13.0. The van der Waals surface area contributed by atoms with Crippen molar-refractivity contribution in [1.82, 2.24) is 10.3 Å². The van der Waals surface area contributed by atoms with Crippen LogP contribution in [0.25, 0.3) is 0 Å². The summed E-state index contributed by atoms with van der Waals surface area (Å²) < 4.78 is 10.1. The molecule has 2 aromatic rings. The third-order valence-corrected chi connectivity index (χ3v) is 3.44. The first-order chi connectivity index (χ1) is 10.7. The molecular formula is C17H20N2O3. The Morgan fingerprint density at radius 1 is 1.14 bits per heavy atom. The van der Waals surface area contributed by atoms with Gasteiger partial charge in [-0.15, -0.1) is 0 Å². The molecule has 1 unspecified atom stereocenters. The normalized spacial score (nSPS) is 11.6. The van der Waals surface area contributed by atoms with Gasteiger partial charge in [0.1, 0.15) is 5.75 Å². The second-order valence-corrected chi connectivity index (χ2v) is 4.80. The van der Waals surface area contributed by atoms with Crippen LogP contribution < -0.4 is 14.8 Å². The largest absolute Gasteiger partial charge is 0.497 e. The highest BCUT2D eigenvalue weighted by atomic mass is 16.5. The van der Waals surface area contributed by atoms with Crippen molar-refractivity contribution in [1.29, 1.82) is 0 Å². The van der Waals surface area contributed by atoms with Gasteiger partial charge in [0.25, 0.3) is 5.91 Å². The molecule has 116 valence electrons. The van der Waals surface area contributed by atoms with E-state index in [1.807, 2.05) is 31.2 Å². The second-order valence-electron chi connectivity index (χ2n) is 4.80. The van der Waals surface area contributed by atoms with Crippen LogP contribution in [0.2, 0.25) is 0 Å². The van der Waals surface area contributed by atoms with Crippen LogP contribution in [0, 0.1) is 0 Å². The fourth-order valence-corrected chi connectivity index (χ4v) is 2.13.